The third kappa shape index (κ3) is 6.69. The highest BCUT2D eigenvalue weighted by Crippen LogP contribution is 2.19. The number of aromatic nitrogens is 1. The topological polar surface area (TPSA) is 58.5 Å². The molecule has 130 valence electrons. The van der Waals surface area contributed by atoms with Crippen LogP contribution in [0.15, 0.2) is 47.6 Å². The van der Waals surface area contributed by atoms with Crippen LogP contribution < -0.4 is 15.4 Å². The van der Waals surface area contributed by atoms with Crippen LogP contribution in [0.2, 0.25) is 0 Å². The van der Waals surface area contributed by atoms with Gasteiger partial charge in [0.2, 0.25) is 5.88 Å². The summed E-state index contributed by atoms with van der Waals surface area (Å²) >= 11 is 0. The maximum atomic E-state index is 12.8. The zero-order chi connectivity index (χ0) is 16.7. The van der Waals surface area contributed by atoms with E-state index in [4.69, 9.17) is 4.74 Å². The zero-order valence-electron chi connectivity index (χ0n) is 13.9. The van der Waals surface area contributed by atoms with E-state index in [9.17, 15) is 4.39 Å². The van der Waals surface area contributed by atoms with E-state index < -0.39 is 0 Å². The molecule has 1 aromatic heterocycles. The number of nitrogens with zero attached hydrogens (tertiary/aromatic N) is 2. The minimum Gasteiger partial charge on any atom is -0.439 e. The van der Waals surface area contributed by atoms with Crippen molar-refractivity contribution < 1.29 is 9.13 Å². The van der Waals surface area contributed by atoms with E-state index in [1.807, 2.05) is 6.07 Å². The van der Waals surface area contributed by atoms with Crippen LogP contribution in [-0.4, -0.2) is 24.0 Å². The molecule has 1 heterocycles. The summed E-state index contributed by atoms with van der Waals surface area (Å²) in [7, 11) is 1.73. The Balaban J connectivity index is 0.00000288. The molecule has 0 radical (unpaired) electrons. The van der Waals surface area contributed by atoms with Gasteiger partial charge in [0.15, 0.2) is 5.96 Å². The van der Waals surface area contributed by atoms with Crippen LogP contribution in [0.25, 0.3) is 0 Å². The number of benzene rings is 1. The molecular formula is C17H22FIN4O. The minimum absolute atomic E-state index is 0. The average molecular weight is 444 g/mol. The van der Waals surface area contributed by atoms with E-state index in [1.54, 1.807) is 31.4 Å². The van der Waals surface area contributed by atoms with Crippen molar-refractivity contribution in [3.8, 4) is 11.6 Å². The standard InChI is InChI=1S/C17H21FN4O.HI/c1-12(2)22-17(19-3)21-11-13-4-9-16(20-10-13)23-15-7-5-14(18)6-8-15;/h4-10,12H,11H2,1-3H3,(H2,19,21,22);1H. The lowest BCUT2D eigenvalue weighted by Gasteiger charge is -2.14. The third-order valence-electron chi connectivity index (χ3n) is 2.94. The smallest absolute Gasteiger partial charge is 0.219 e. The highest BCUT2D eigenvalue weighted by atomic mass is 127. The van der Waals surface area contributed by atoms with Gasteiger partial charge >= 0.3 is 0 Å². The molecule has 24 heavy (non-hydrogen) atoms. The second kappa shape index (κ2) is 10.1. The molecule has 0 fully saturated rings. The fourth-order valence-electron chi connectivity index (χ4n) is 1.85. The predicted octanol–water partition coefficient (Wildman–Crippen LogP) is 3.70. The van der Waals surface area contributed by atoms with Gasteiger partial charge in [-0.25, -0.2) is 9.37 Å². The average Bonchev–Trinajstić information content (AvgIpc) is 2.54. The summed E-state index contributed by atoms with van der Waals surface area (Å²) in [5.74, 6) is 1.46. The number of guanidine groups is 1. The lowest BCUT2D eigenvalue weighted by atomic mass is 10.3. The fourth-order valence-corrected chi connectivity index (χ4v) is 1.85. The number of ether oxygens (including phenoxy) is 1. The van der Waals surface area contributed by atoms with E-state index in [1.165, 1.54) is 12.1 Å². The van der Waals surface area contributed by atoms with Crippen LogP contribution in [0.3, 0.4) is 0 Å². The largest absolute Gasteiger partial charge is 0.439 e. The Morgan fingerprint density at radius 2 is 1.92 bits per heavy atom. The van der Waals surface area contributed by atoms with E-state index in [0.29, 0.717) is 24.2 Å². The summed E-state index contributed by atoms with van der Waals surface area (Å²) < 4.78 is 18.4. The molecular weight excluding hydrogens is 422 g/mol. The Morgan fingerprint density at radius 1 is 1.21 bits per heavy atom. The molecule has 2 rings (SSSR count). The van der Waals surface area contributed by atoms with Crippen molar-refractivity contribution in [3.63, 3.8) is 0 Å². The van der Waals surface area contributed by atoms with Crippen LogP contribution in [0.5, 0.6) is 11.6 Å². The van der Waals surface area contributed by atoms with Crippen LogP contribution in [0.1, 0.15) is 19.4 Å². The Morgan fingerprint density at radius 3 is 2.46 bits per heavy atom. The molecule has 5 nitrogen and oxygen atoms in total. The Labute approximate surface area is 158 Å². The monoisotopic (exact) mass is 444 g/mol. The van der Waals surface area contributed by atoms with Crippen LogP contribution in [0, 0.1) is 5.82 Å². The maximum Gasteiger partial charge on any atom is 0.219 e. The lowest BCUT2D eigenvalue weighted by Crippen LogP contribution is -2.40. The first-order valence-electron chi connectivity index (χ1n) is 7.42. The molecule has 2 aromatic rings. The van der Waals surface area contributed by atoms with Gasteiger partial charge in [0.05, 0.1) is 0 Å². The Kier molecular flexibility index (Phi) is 8.45. The molecule has 0 spiro atoms. The molecule has 7 heteroatoms. The van der Waals surface area contributed by atoms with Crippen molar-refractivity contribution in [2.75, 3.05) is 7.05 Å². The highest BCUT2D eigenvalue weighted by Gasteiger charge is 2.02. The summed E-state index contributed by atoms with van der Waals surface area (Å²) in [5, 5.41) is 6.42. The highest BCUT2D eigenvalue weighted by molar-refractivity contribution is 14.0. The molecule has 0 aliphatic rings. The Bertz CT molecular complexity index is 645. The van der Waals surface area contributed by atoms with Crippen molar-refractivity contribution in [1.29, 1.82) is 0 Å². The van der Waals surface area contributed by atoms with Gasteiger partial charge in [0.25, 0.3) is 0 Å². The number of hydrogen-bond donors (Lipinski definition) is 2. The zero-order valence-corrected chi connectivity index (χ0v) is 16.2. The molecule has 0 atom stereocenters. The predicted molar refractivity (Wildman–Crippen MR) is 105 cm³/mol. The van der Waals surface area contributed by atoms with Crippen LogP contribution in [0.4, 0.5) is 4.39 Å². The molecule has 1 aromatic carbocycles. The molecule has 2 N–H and O–H groups in total. The number of aliphatic imine (C=N–C) groups is 1. The van der Waals surface area contributed by atoms with Gasteiger partial charge in [-0.2, -0.15) is 0 Å². The van der Waals surface area contributed by atoms with Gasteiger partial charge in [-0.05, 0) is 43.7 Å². The fraction of sp³-hybridized carbons (Fsp3) is 0.294. The van der Waals surface area contributed by atoms with E-state index >= 15 is 0 Å². The summed E-state index contributed by atoms with van der Waals surface area (Å²) in [6, 6.07) is 9.83. The van der Waals surface area contributed by atoms with E-state index in [0.717, 1.165) is 11.5 Å². The molecule has 0 unspecified atom stereocenters. The number of rotatable bonds is 5. The van der Waals surface area contributed by atoms with Gasteiger partial charge in [0.1, 0.15) is 11.6 Å². The minimum atomic E-state index is -0.296. The van der Waals surface area contributed by atoms with Gasteiger partial charge in [-0.3, -0.25) is 4.99 Å². The van der Waals surface area contributed by atoms with Gasteiger partial charge in [-0.15, -0.1) is 24.0 Å². The molecule has 0 amide bonds. The lowest BCUT2D eigenvalue weighted by molar-refractivity contribution is 0.461. The summed E-state index contributed by atoms with van der Waals surface area (Å²) in [6.07, 6.45) is 1.73. The Hall–Kier alpha value is -1.90. The van der Waals surface area contributed by atoms with Gasteiger partial charge in [-0.1, -0.05) is 6.07 Å². The third-order valence-corrected chi connectivity index (χ3v) is 2.94. The summed E-state index contributed by atoms with van der Waals surface area (Å²) in [6.45, 7) is 4.71. The first-order valence-corrected chi connectivity index (χ1v) is 7.42. The first kappa shape index (κ1) is 20.1. The maximum absolute atomic E-state index is 12.8. The number of halogens is 2. The molecule has 0 saturated heterocycles. The van der Waals surface area contributed by atoms with E-state index in [2.05, 4.69) is 34.5 Å². The van der Waals surface area contributed by atoms with Crippen molar-refractivity contribution in [3.05, 3.63) is 54.0 Å². The normalized spacial score (nSPS) is 11.0. The van der Waals surface area contributed by atoms with Crippen LogP contribution >= 0.6 is 24.0 Å². The molecule has 0 saturated carbocycles. The number of nitrogens with one attached hydrogen (secondary N) is 2. The number of hydrogen-bond acceptors (Lipinski definition) is 3. The van der Waals surface area contributed by atoms with Crippen molar-refractivity contribution >= 4 is 29.9 Å². The quantitative estimate of drug-likeness (QED) is 0.420. The summed E-state index contributed by atoms with van der Waals surface area (Å²) in [5.41, 5.74) is 1.00. The van der Waals surface area contributed by atoms with Crippen molar-refractivity contribution in [2.24, 2.45) is 4.99 Å². The molecule has 0 aliphatic heterocycles. The van der Waals surface area contributed by atoms with Crippen LogP contribution in [-0.2, 0) is 6.54 Å². The van der Waals surface area contributed by atoms with Gasteiger partial charge < -0.3 is 15.4 Å². The van der Waals surface area contributed by atoms with Gasteiger partial charge in [0, 0.05) is 31.9 Å². The van der Waals surface area contributed by atoms with Crippen molar-refractivity contribution in [2.45, 2.75) is 26.4 Å². The molecule has 0 bridgehead atoms. The summed E-state index contributed by atoms with van der Waals surface area (Å²) in [4.78, 5) is 8.39. The van der Waals surface area contributed by atoms with E-state index in [-0.39, 0.29) is 29.8 Å². The SMILES string of the molecule is CN=C(NCc1ccc(Oc2ccc(F)cc2)nc1)NC(C)C.I. The van der Waals surface area contributed by atoms with Crippen molar-refractivity contribution in [1.82, 2.24) is 15.6 Å². The number of pyridine rings is 1. The second-order valence-electron chi connectivity index (χ2n) is 5.29. The second-order valence-corrected chi connectivity index (χ2v) is 5.29. The first-order chi connectivity index (χ1) is 11.1. The molecule has 0 aliphatic carbocycles.